The summed E-state index contributed by atoms with van der Waals surface area (Å²) in [6.45, 7) is 6.70. The van der Waals surface area contributed by atoms with E-state index in [2.05, 4.69) is 0 Å². The van der Waals surface area contributed by atoms with Crippen LogP contribution in [0.2, 0.25) is 0 Å². The molecule has 16 heavy (non-hydrogen) atoms. The fourth-order valence-electron chi connectivity index (χ4n) is 0.991. The standard InChI is InChI=1S/C11H14O3.C2H6/c1-9-3-5-10(6-4-9)11(12)14-8-7-13-2;1-2/h3-6H,7-8H2,1-2H3;1-2H3. The van der Waals surface area contributed by atoms with Crippen LogP contribution in [0.5, 0.6) is 0 Å². The van der Waals surface area contributed by atoms with Gasteiger partial charge in [0.15, 0.2) is 0 Å². The van der Waals surface area contributed by atoms with Crippen molar-refractivity contribution in [1.82, 2.24) is 0 Å². The highest BCUT2D eigenvalue weighted by Gasteiger charge is 2.05. The first-order valence-corrected chi connectivity index (χ1v) is 5.47. The Bertz CT molecular complexity index is 291. The third-order valence-electron chi connectivity index (χ3n) is 1.81. The first-order valence-electron chi connectivity index (χ1n) is 5.47. The lowest BCUT2D eigenvalue weighted by Gasteiger charge is -2.03. The van der Waals surface area contributed by atoms with Crippen LogP contribution in [-0.2, 0) is 9.47 Å². The number of ether oxygens (including phenoxy) is 2. The van der Waals surface area contributed by atoms with Crippen molar-refractivity contribution in [3.8, 4) is 0 Å². The molecular formula is C13H20O3. The fourth-order valence-corrected chi connectivity index (χ4v) is 0.991. The number of aryl methyl sites for hydroxylation is 1. The van der Waals surface area contributed by atoms with Crippen molar-refractivity contribution in [1.29, 1.82) is 0 Å². The average Bonchev–Trinajstić information content (AvgIpc) is 2.33. The van der Waals surface area contributed by atoms with Gasteiger partial charge < -0.3 is 9.47 Å². The van der Waals surface area contributed by atoms with Gasteiger partial charge in [0.05, 0.1) is 12.2 Å². The van der Waals surface area contributed by atoms with Gasteiger partial charge in [0.2, 0.25) is 0 Å². The van der Waals surface area contributed by atoms with E-state index in [9.17, 15) is 4.79 Å². The molecule has 1 aromatic rings. The molecule has 1 aromatic carbocycles. The highest BCUT2D eigenvalue weighted by atomic mass is 16.6. The molecule has 0 aliphatic heterocycles. The molecule has 90 valence electrons. The Hall–Kier alpha value is -1.35. The van der Waals surface area contributed by atoms with Crippen LogP contribution in [0.25, 0.3) is 0 Å². The number of benzene rings is 1. The van der Waals surface area contributed by atoms with Crippen molar-refractivity contribution in [2.45, 2.75) is 20.8 Å². The molecule has 0 aliphatic rings. The van der Waals surface area contributed by atoms with E-state index in [1.54, 1.807) is 19.2 Å². The predicted octanol–water partition coefficient (Wildman–Crippen LogP) is 2.82. The summed E-state index contributed by atoms with van der Waals surface area (Å²) < 4.78 is 9.71. The van der Waals surface area contributed by atoms with Gasteiger partial charge in [-0.1, -0.05) is 31.5 Å². The molecule has 0 aliphatic carbocycles. The molecule has 1 rings (SSSR count). The molecule has 3 nitrogen and oxygen atoms in total. The zero-order valence-corrected chi connectivity index (χ0v) is 10.4. The second-order valence-corrected chi connectivity index (χ2v) is 2.99. The van der Waals surface area contributed by atoms with E-state index in [1.807, 2.05) is 32.9 Å². The van der Waals surface area contributed by atoms with Gasteiger partial charge in [-0.2, -0.15) is 0 Å². The molecule has 0 saturated heterocycles. The minimum absolute atomic E-state index is 0.295. The summed E-state index contributed by atoms with van der Waals surface area (Å²) >= 11 is 0. The van der Waals surface area contributed by atoms with E-state index in [1.165, 1.54) is 0 Å². The van der Waals surface area contributed by atoms with Crippen LogP contribution in [-0.4, -0.2) is 26.3 Å². The zero-order valence-electron chi connectivity index (χ0n) is 10.4. The summed E-state index contributed by atoms with van der Waals surface area (Å²) in [5.41, 5.74) is 1.70. The van der Waals surface area contributed by atoms with E-state index >= 15 is 0 Å². The van der Waals surface area contributed by atoms with Gasteiger partial charge in [0.25, 0.3) is 0 Å². The molecule has 0 spiro atoms. The molecule has 0 fully saturated rings. The second kappa shape index (κ2) is 8.92. The minimum atomic E-state index is -0.304. The summed E-state index contributed by atoms with van der Waals surface area (Å²) in [5, 5.41) is 0. The Kier molecular flexibility index (Phi) is 8.17. The summed E-state index contributed by atoms with van der Waals surface area (Å²) in [5.74, 6) is -0.304. The van der Waals surface area contributed by atoms with Crippen molar-refractivity contribution in [2.75, 3.05) is 20.3 Å². The van der Waals surface area contributed by atoms with E-state index in [-0.39, 0.29) is 5.97 Å². The smallest absolute Gasteiger partial charge is 0.338 e. The van der Waals surface area contributed by atoms with Crippen LogP contribution in [0.4, 0.5) is 0 Å². The van der Waals surface area contributed by atoms with Crippen molar-refractivity contribution >= 4 is 5.97 Å². The molecule has 0 atom stereocenters. The number of rotatable bonds is 4. The SMILES string of the molecule is CC.COCCOC(=O)c1ccc(C)cc1. The predicted molar refractivity (Wildman–Crippen MR) is 64.7 cm³/mol. The van der Waals surface area contributed by atoms with Crippen molar-refractivity contribution in [3.05, 3.63) is 35.4 Å². The van der Waals surface area contributed by atoms with E-state index in [4.69, 9.17) is 9.47 Å². The number of hydrogen-bond acceptors (Lipinski definition) is 3. The molecule has 3 heteroatoms. The lowest BCUT2D eigenvalue weighted by Crippen LogP contribution is -2.09. The lowest BCUT2D eigenvalue weighted by atomic mass is 10.1. The van der Waals surface area contributed by atoms with Gasteiger partial charge in [0.1, 0.15) is 6.61 Å². The fraction of sp³-hybridized carbons (Fsp3) is 0.462. The Labute approximate surface area is 97.4 Å². The van der Waals surface area contributed by atoms with Gasteiger partial charge in [-0.15, -0.1) is 0 Å². The Morgan fingerprint density at radius 1 is 1.12 bits per heavy atom. The number of carbonyl (C=O) groups excluding carboxylic acids is 1. The monoisotopic (exact) mass is 224 g/mol. The average molecular weight is 224 g/mol. The van der Waals surface area contributed by atoms with Crippen molar-refractivity contribution < 1.29 is 14.3 Å². The molecule has 0 amide bonds. The van der Waals surface area contributed by atoms with Crippen LogP contribution < -0.4 is 0 Å². The quantitative estimate of drug-likeness (QED) is 0.582. The molecule has 0 radical (unpaired) electrons. The third-order valence-corrected chi connectivity index (χ3v) is 1.81. The topological polar surface area (TPSA) is 35.5 Å². The molecule has 0 unspecified atom stereocenters. The van der Waals surface area contributed by atoms with Gasteiger partial charge in [-0.25, -0.2) is 4.79 Å². The Morgan fingerprint density at radius 2 is 1.69 bits per heavy atom. The maximum absolute atomic E-state index is 11.4. The molecule has 0 heterocycles. The van der Waals surface area contributed by atoms with Crippen molar-refractivity contribution in [2.24, 2.45) is 0 Å². The normalized spacial score (nSPS) is 9.00. The second-order valence-electron chi connectivity index (χ2n) is 2.99. The summed E-state index contributed by atoms with van der Waals surface area (Å²) in [4.78, 5) is 11.4. The highest BCUT2D eigenvalue weighted by molar-refractivity contribution is 5.89. The molecule has 0 N–H and O–H groups in total. The van der Waals surface area contributed by atoms with Crippen LogP contribution in [0.3, 0.4) is 0 Å². The zero-order chi connectivity index (χ0) is 12.4. The van der Waals surface area contributed by atoms with Crippen molar-refractivity contribution in [3.63, 3.8) is 0 Å². The Morgan fingerprint density at radius 3 is 2.19 bits per heavy atom. The Balaban J connectivity index is 0.00000106. The molecule has 0 bridgehead atoms. The van der Waals surface area contributed by atoms with Gasteiger partial charge in [-0.05, 0) is 19.1 Å². The van der Waals surface area contributed by atoms with Crippen LogP contribution in [0.1, 0.15) is 29.8 Å². The largest absolute Gasteiger partial charge is 0.460 e. The van der Waals surface area contributed by atoms with Crippen LogP contribution >= 0.6 is 0 Å². The third kappa shape index (κ3) is 5.51. The van der Waals surface area contributed by atoms with Crippen LogP contribution in [0, 0.1) is 6.92 Å². The molecular weight excluding hydrogens is 204 g/mol. The maximum Gasteiger partial charge on any atom is 0.338 e. The van der Waals surface area contributed by atoms with E-state index in [0.717, 1.165) is 5.56 Å². The van der Waals surface area contributed by atoms with E-state index in [0.29, 0.717) is 18.8 Å². The molecule has 0 aromatic heterocycles. The first kappa shape index (κ1) is 14.6. The van der Waals surface area contributed by atoms with Crippen LogP contribution in [0.15, 0.2) is 24.3 Å². The number of methoxy groups -OCH3 is 1. The molecule has 0 saturated carbocycles. The lowest BCUT2D eigenvalue weighted by molar-refractivity contribution is 0.0388. The summed E-state index contributed by atoms with van der Waals surface area (Å²) in [7, 11) is 1.57. The van der Waals surface area contributed by atoms with Gasteiger partial charge >= 0.3 is 5.97 Å². The minimum Gasteiger partial charge on any atom is -0.460 e. The number of esters is 1. The summed E-state index contributed by atoms with van der Waals surface area (Å²) in [6, 6.07) is 7.27. The van der Waals surface area contributed by atoms with E-state index < -0.39 is 0 Å². The maximum atomic E-state index is 11.4. The first-order chi connectivity index (χ1) is 7.74. The van der Waals surface area contributed by atoms with Gasteiger partial charge in [-0.3, -0.25) is 0 Å². The number of hydrogen-bond donors (Lipinski definition) is 0. The highest BCUT2D eigenvalue weighted by Crippen LogP contribution is 2.04. The number of carbonyl (C=O) groups is 1. The summed E-state index contributed by atoms with van der Waals surface area (Å²) in [6.07, 6.45) is 0. The van der Waals surface area contributed by atoms with Gasteiger partial charge in [0, 0.05) is 7.11 Å².